The molecule has 1 aromatic rings. The Balaban J connectivity index is 1.81. The standard InChI is InChI=1S/C22H33FN2O5/c1-21(2)29-18-13-22(12-17(27-5)19(18)30-21,20(26)24-10-11-25(3)4)28-14-15-6-8-16(23)9-7-15/h6-9,17-19H,10-14H2,1-5H3,(H,24,26)/t17-,18+,19-,22+/m0/s1. The molecule has 3 rings (SSSR count). The smallest absolute Gasteiger partial charge is 0.252 e. The van der Waals surface area contributed by atoms with Crippen LogP contribution >= 0.6 is 0 Å². The second-order valence-corrected chi connectivity index (χ2v) is 8.79. The second kappa shape index (κ2) is 9.28. The Morgan fingerprint density at radius 3 is 2.57 bits per heavy atom. The quantitative estimate of drug-likeness (QED) is 0.689. The lowest BCUT2D eigenvalue weighted by Crippen LogP contribution is -2.60. The van der Waals surface area contributed by atoms with E-state index in [1.807, 2.05) is 32.8 Å². The van der Waals surface area contributed by atoms with Gasteiger partial charge in [-0.2, -0.15) is 0 Å². The summed E-state index contributed by atoms with van der Waals surface area (Å²) < 4.78 is 37.3. The summed E-state index contributed by atoms with van der Waals surface area (Å²) in [4.78, 5) is 15.3. The molecule has 0 radical (unpaired) electrons. The lowest BCUT2D eigenvalue weighted by molar-refractivity contribution is -0.178. The Morgan fingerprint density at radius 1 is 1.23 bits per heavy atom. The average molecular weight is 425 g/mol. The van der Waals surface area contributed by atoms with Crippen molar-refractivity contribution in [3.8, 4) is 0 Å². The van der Waals surface area contributed by atoms with Gasteiger partial charge in [0.15, 0.2) is 11.4 Å². The number of benzene rings is 1. The molecule has 1 saturated heterocycles. The van der Waals surface area contributed by atoms with Crippen LogP contribution in [0.2, 0.25) is 0 Å². The maximum Gasteiger partial charge on any atom is 0.252 e. The molecule has 168 valence electrons. The van der Waals surface area contributed by atoms with E-state index in [1.165, 1.54) is 12.1 Å². The van der Waals surface area contributed by atoms with Crippen LogP contribution in [0.3, 0.4) is 0 Å². The van der Waals surface area contributed by atoms with Gasteiger partial charge in [-0.1, -0.05) is 12.1 Å². The van der Waals surface area contributed by atoms with E-state index in [0.29, 0.717) is 25.9 Å². The molecular formula is C22H33FN2O5. The molecule has 8 heteroatoms. The molecule has 0 spiro atoms. The van der Waals surface area contributed by atoms with Gasteiger partial charge in [0.05, 0.1) is 18.8 Å². The van der Waals surface area contributed by atoms with Crippen molar-refractivity contribution in [1.82, 2.24) is 10.2 Å². The molecule has 4 atom stereocenters. The molecule has 2 fully saturated rings. The van der Waals surface area contributed by atoms with E-state index < -0.39 is 11.4 Å². The number of hydrogen-bond donors (Lipinski definition) is 1. The monoisotopic (exact) mass is 424 g/mol. The van der Waals surface area contributed by atoms with Crippen molar-refractivity contribution < 1.29 is 28.1 Å². The molecule has 0 bridgehead atoms. The van der Waals surface area contributed by atoms with Gasteiger partial charge < -0.3 is 29.2 Å². The van der Waals surface area contributed by atoms with Gasteiger partial charge in [-0.05, 0) is 45.6 Å². The zero-order chi connectivity index (χ0) is 21.9. The predicted molar refractivity (Wildman–Crippen MR) is 109 cm³/mol. The third kappa shape index (κ3) is 5.36. The second-order valence-electron chi connectivity index (χ2n) is 8.79. The molecule has 1 aliphatic carbocycles. The number of hydrogen-bond acceptors (Lipinski definition) is 6. The van der Waals surface area contributed by atoms with Crippen LogP contribution in [0.25, 0.3) is 0 Å². The number of carbonyl (C=O) groups is 1. The number of nitrogens with zero attached hydrogens (tertiary/aromatic N) is 1. The zero-order valence-electron chi connectivity index (χ0n) is 18.4. The molecule has 1 heterocycles. The van der Waals surface area contributed by atoms with Crippen LogP contribution in [0.15, 0.2) is 24.3 Å². The van der Waals surface area contributed by atoms with Crippen LogP contribution in [-0.2, 0) is 30.3 Å². The third-order valence-corrected chi connectivity index (χ3v) is 5.64. The van der Waals surface area contributed by atoms with Crippen molar-refractivity contribution in [3.05, 3.63) is 35.6 Å². The molecule has 30 heavy (non-hydrogen) atoms. The van der Waals surface area contributed by atoms with Gasteiger partial charge in [0.2, 0.25) is 0 Å². The van der Waals surface area contributed by atoms with Gasteiger partial charge in [-0.25, -0.2) is 4.39 Å². The topological polar surface area (TPSA) is 69.3 Å². The van der Waals surface area contributed by atoms with Crippen molar-refractivity contribution in [3.63, 3.8) is 0 Å². The molecule has 1 saturated carbocycles. The summed E-state index contributed by atoms with van der Waals surface area (Å²) in [5, 5.41) is 3.00. The van der Waals surface area contributed by atoms with Crippen LogP contribution in [0.5, 0.6) is 0 Å². The van der Waals surface area contributed by atoms with Gasteiger partial charge in [-0.15, -0.1) is 0 Å². The number of halogens is 1. The Labute approximate surface area is 177 Å². The number of nitrogens with one attached hydrogen (secondary N) is 1. The molecule has 1 aliphatic heterocycles. The summed E-state index contributed by atoms with van der Waals surface area (Å²) in [7, 11) is 5.51. The molecule has 0 aromatic heterocycles. The maximum atomic E-state index is 13.3. The van der Waals surface area contributed by atoms with Gasteiger partial charge in [0.25, 0.3) is 5.91 Å². The minimum Gasteiger partial charge on any atom is -0.379 e. The lowest BCUT2D eigenvalue weighted by Gasteiger charge is -2.43. The molecule has 1 amide bonds. The van der Waals surface area contributed by atoms with Crippen LogP contribution in [0, 0.1) is 5.82 Å². The number of amides is 1. The fourth-order valence-electron chi connectivity index (χ4n) is 4.13. The molecule has 1 aromatic carbocycles. The molecular weight excluding hydrogens is 391 g/mol. The fourth-order valence-corrected chi connectivity index (χ4v) is 4.13. The Kier molecular flexibility index (Phi) is 7.14. The highest BCUT2D eigenvalue weighted by atomic mass is 19.1. The van der Waals surface area contributed by atoms with Gasteiger partial charge in [0.1, 0.15) is 11.9 Å². The van der Waals surface area contributed by atoms with Gasteiger partial charge in [-0.3, -0.25) is 4.79 Å². The normalized spacial score (nSPS) is 30.3. The summed E-state index contributed by atoms with van der Waals surface area (Å²) >= 11 is 0. The first-order chi connectivity index (χ1) is 14.1. The van der Waals surface area contributed by atoms with E-state index in [1.54, 1.807) is 19.2 Å². The summed E-state index contributed by atoms with van der Waals surface area (Å²) in [6.45, 7) is 5.11. The predicted octanol–water partition coefficient (Wildman–Crippen LogP) is 2.09. The molecule has 2 aliphatic rings. The summed E-state index contributed by atoms with van der Waals surface area (Å²) in [6.07, 6.45) is -0.235. The Bertz CT molecular complexity index is 727. The number of methoxy groups -OCH3 is 1. The van der Waals surface area contributed by atoms with Crippen molar-refractivity contribution in [1.29, 1.82) is 0 Å². The van der Waals surface area contributed by atoms with E-state index >= 15 is 0 Å². The van der Waals surface area contributed by atoms with E-state index in [4.69, 9.17) is 18.9 Å². The minimum atomic E-state index is -1.13. The van der Waals surface area contributed by atoms with E-state index in [0.717, 1.165) is 5.56 Å². The number of fused-ring (bicyclic) bond motifs is 1. The van der Waals surface area contributed by atoms with E-state index in [-0.39, 0.29) is 36.6 Å². The summed E-state index contributed by atoms with van der Waals surface area (Å²) in [5.41, 5.74) is -0.344. The van der Waals surface area contributed by atoms with E-state index in [2.05, 4.69) is 5.32 Å². The maximum absolute atomic E-state index is 13.3. The Hall–Kier alpha value is -1.58. The molecule has 1 N–H and O–H groups in total. The number of likely N-dealkylation sites (N-methyl/N-ethyl adjacent to an activating group) is 1. The fraction of sp³-hybridized carbons (Fsp3) is 0.682. The van der Waals surface area contributed by atoms with Gasteiger partial charge >= 0.3 is 0 Å². The highest BCUT2D eigenvalue weighted by molar-refractivity contribution is 5.85. The molecule has 7 nitrogen and oxygen atoms in total. The summed E-state index contributed by atoms with van der Waals surface area (Å²) in [6, 6.07) is 6.08. The largest absolute Gasteiger partial charge is 0.379 e. The average Bonchev–Trinajstić information content (AvgIpc) is 3.00. The third-order valence-electron chi connectivity index (χ3n) is 5.64. The van der Waals surface area contributed by atoms with Gasteiger partial charge in [0, 0.05) is 33.0 Å². The number of carbonyl (C=O) groups excluding carboxylic acids is 1. The zero-order valence-corrected chi connectivity index (χ0v) is 18.4. The van der Waals surface area contributed by atoms with Crippen molar-refractivity contribution >= 4 is 5.91 Å². The highest BCUT2D eigenvalue weighted by Crippen LogP contribution is 2.43. The number of ether oxygens (including phenoxy) is 4. The Morgan fingerprint density at radius 2 is 1.93 bits per heavy atom. The number of rotatable bonds is 8. The SMILES string of the molecule is CO[C@H]1C[C@](OCc2ccc(F)cc2)(C(=O)NCCN(C)C)C[C@H]2OC(C)(C)O[C@@H]12. The first kappa shape index (κ1) is 23.1. The van der Waals surface area contributed by atoms with E-state index in [9.17, 15) is 9.18 Å². The highest BCUT2D eigenvalue weighted by Gasteiger charge is 2.57. The first-order valence-corrected chi connectivity index (χ1v) is 10.3. The summed E-state index contributed by atoms with van der Waals surface area (Å²) in [5.74, 6) is -1.26. The van der Waals surface area contributed by atoms with Crippen LogP contribution in [-0.4, -0.2) is 74.8 Å². The van der Waals surface area contributed by atoms with Crippen molar-refractivity contribution in [2.45, 2.75) is 63.0 Å². The lowest BCUT2D eigenvalue weighted by atomic mass is 9.78. The van der Waals surface area contributed by atoms with Crippen LogP contribution in [0.4, 0.5) is 4.39 Å². The minimum absolute atomic E-state index is 0.180. The van der Waals surface area contributed by atoms with Crippen LogP contribution in [0.1, 0.15) is 32.3 Å². The van der Waals surface area contributed by atoms with Crippen molar-refractivity contribution in [2.75, 3.05) is 34.3 Å². The molecule has 0 unspecified atom stereocenters. The first-order valence-electron chi connectivity index (χ1n) is 10.3. The van der Waals surface area contributed by atoms with Crippen molar-refractivity contribution in [2.24, 2.45) is 0 Å². The van der Waals surface area contributed by atoms with Crippen LogP contribution < -0.4 is 5.32 Å².